The van der Waals surface area contributed by atoms with E-state index in [1.165, 1.54) is 0 Å². The maximum Gasteiger partial charge on any atom is 0.163 e. The predicted molar refractivity (Wildman–Crippen MR) is 83.3 cm³/mol. The van der Waals surface area contributed by atoms with E-state index in [-0.39, 0.29) is 0 Å². The fourth-order valence-electron chi connectivity index (χ4n) is 2.51. The van der Waals surface area contributed by atoms with E-state index >= 15 is 0 Å². The van der Waals surface area contributed by atoms with Crippen LogP contribution in [-0.2, 0) is 19.4 Å². The fourth-order valence-corrected chi connectivity index (χ4v) is 2.51. The Balaban J connectivity index is 2.28. The van der Waals surface area contributed by atoms with E-state index in [0.717, 1.165) is 46.6 Å². The Kier molecular flexibility index (Phi) is 3.66. The van der Waals surface area contributed by atoms with Crippen LogP contribution in [0.25, 0.3) is 16.6 Å². The molecule has 0 spiro atoms. The van der Waals surface area contributed by atoms with E-state index in [9.17, 15) is 0 Å². The summed E-state index contributed by atoms with van der Waals surface area (Å²) in [6, 6.07) is 8.16. The van der Waals surface area contributed by atoms with E-state index in [1.807, 2.05) is 23.0 Å². The third-order valence-corrected chi connectivity index (χ3v) is 3.63. The largest absolute Gasteiger partial charge is 0.326 e. The standard InChI is InChI=1S/C16H19N5/c1-3-14-19-15(4-2)21(20-14)16-13-8-6-5-7-12(13)11(9-17)10-18-16/h5-8,10H,3-4,9,17H2,1-2H3. The van der Waals surface area contributed by atoms with Gasteiger partial charge < -0.3 is 5.73 Å². The molecule has 0 aliphatic carbocycles. The van der Waals surface area contributed by atoms with E-state index in [4.69, 9.17) is 5.73 Å². The molecule has 0 aliphatic rings. The molecular weight excluding hydrogens is 262 g/mol. The zero-order chi connectivity index (χ0) is 14.8. The number of hydrogen-bond acceptors (Lipinski definition) is 4. The van der Waals surface area contributed by atoms with Crippen LogP contribution >= 0.6 is 0 Å². The molecule has 2 heterocycles. The second-order valence-corrected chi connectivity index (χ2v) is 4.92. The summed E-state index contributed by atoms with van der Waals surface area (Å²) in [6.07, 6.45) is 3.48. The number of hydrogen-bond donors (Lipinski definition) is 1. The Bertz CT molecular complexity index is 775. The highest BCUT2D eigenvalue weighted by Gasteiger charge is 2.14. The quantitative estimate of drug-likeness (QED) is 0.797. The van der Waals surface area contributed by atoms with Gasteiger partial charge in [0, 0.05) is 31.0 Å². The number of aromatic nitrogens is 4. The van der Waals surface area contributed by atoms with Crippen molar-refractivity contribution in [2.45, 2.75) is 33.2 Å². The second kappa shape index (κ2) is 5.61. The van der Waals surface area contributed by atoms with Crippen molar-refractivity contribution in [3.05, 3.63) is 47.7 Å². The molecule has 0 aliphatic heterocycles. The smallest absolute Gasteiger partial charge is 0.163 e. The zero-order valence-corrected chi connectivity index (χ0v) is 12.4. The monoisotopic (exact) mass is 281 g/mol. The third kappa shape index (κ3) is 2.29. The lowest BCUT2D eigenvalue weighted by atomic mass is 10.1. The first-order valence-electron chi connectivity index (χ1n) is 7.30. The molecule has 0 saturated carbocycles. The molecule has 0 unspecified atom stereocenters. The van der Waals surface area contributed by atoms with Crippen molar-refractivity contribution >= 4 is 10.8 Å². The Morgan fingerprint density at radius 2 is 1.86 bits per heavy atom. The summed E-state index contributed by atoms with van der Waals surface area (Å²) in [7, 11) is 0. The van der Waals surface area contributed by atoms with Crippen LogP contribution in [0.5, 0.6) is 0 Å². The first-order valence-corrected chi connectivity index (χ1v) is 7.30. The lowest BCUT2D eigenvalue weighted by Crippen LogP contribution is -2.07. The zero-order valence-electron chi connectivity index (χ0n) is 12.4. The SMILES string of the molecule is CCc1nc(CC)n(-c2ncc(CN)c3ccccc23)n1. The Labute approximate surface area is 123 Å². The molecule has 5 heteroatoms. The van der Waals surface area contributed by atoms with Crippen molar-refractivity contribution in [1.29, 1.82) is 0 Å². The lowest BCUT2D eigenvalue weighted by Gasteiger charge is -2.10. The van der Waals surface area contributed by atoms with Gasteiger partial charge in [-0.15, -0.1) is 5.10 Å². The number of rotatable bonds is 4. The number of aryl methyl sites for hydroxylation is 2. The third-order valence-electron chi connectivity index (χ3n) is 3.63. The summed E-state index contributed by atoms with van der Waals surface area (Å²) in [4.78, 5) is 9.14. The molecule has 2 N–H and O–H groups in total. The molecule has 2 aromatic heterocycles. The summed E-state index contributed by atoms with van der Waals surface area (Å²) in [6.45, 7) is 4.62. The van der Waals surface area contributed by atoms with Crippen molar-refractivity contribution in [1.82, 2.24) is 19.7 Å². The predicted octanol–water partition coefficient (Wildman–Crippen LogP) is 2.40. The van der Waals surface area contributed by atoms with Crippen LogP contribution in [0.2, 0.25) is 0 Å². The van der Waals surface area contributed by atoms with Crippen LogP contribution in [-0.4, -0.2) is 19.7 Å². The summed E-state index contributed by atoms with van der Waals surface area (Å²) >= 11 is 0. The molecule has 21 heavy (non-hydrogen) atoms. The minimum absolute atomic E-state index is 0.478. The Hall–Kier alpha value is -2.27. The van der Waals surface area contributed by atoms with Gasteiger partial charge in [-0.1, -0.05) is 38.1 Å². The van der Waals surface area contributed by atoms with Gasteiger partial charge in [0.15, 0.2) is 11.6 Å². The minimum Gasteiger partial charge on any atom is -0.326 e. The highest BCUT2D eigenvalue weighted by Crippen LogP contribution is 2.24. The van der Waals surface area contributed by atoms with Gasteiger partial charge in [-0.3, -0.25) is 0 Å². The van der Waals surface area contributed by atoms with Gasteiger partial charge in [0.2, 0.25) is 0 Å². The maximum atomic E-state index is 5.81. The van der Waals surface area contributed by atoms with Gasteiger partial charge in [-0.05, 0) is 10.9 Å². The molecule has 108 valence electrons. The van der Waals surface area contributed by atoms with Crippen molar-refractivity contribution in [3.63, 3.8) is 0 Å². The van der Waals surface area contributed by atoms with Crippen LogP contribution < -0.4 is 5.73 Å². The maximum absolute atomic E-state index is 5.81. The van der Waals surface area contributed by atoms with Gasteiger partial charge in [-0.2, -0.15) is 4.68 Å². The average Bonchev–Trinajstić information content (AvgIpc) is 2.97. The van der Waals surface area contributed by atoms with Gasteiger partial charge in [0.05, 0.1) is 0 Å². The molecule has 0 atom stereocenters. The summed E-state index contributed by atoms with van der Waals surface area (Å²) in [5, 5.41) is 6.77. The topological polar surface area (TPSA) is 69.6 Å². The second-order valence-electron chi connectivity index (χ2n) is 4.92. The molecule has 0 saturated heterocycles. The molecule has 0 bridgehead atoms. The van der Waals surface area contributed by atoms with E-state index in [1.54, 1.807) is 0 Å². The average molecular weight is 281 g/mol. The van der Waals surface area contributed by atoms with Crippen molar-refractivity contribution in [2.75, 3.05) is 0 Å². The van der Waals surface area contributed by atoms with Gasteiger partial charge >= 0.3 is 0 Å². The summed E-state index contributed by atoms with van der Waals surface area (Å²) in [5.41, 5.74) is 6.86. The number of pyridine rings is 1. The molecule has 3 aromatic rings. The number of fused-ring (bicyclic) bond motifs is 1. The summed E-state index contributed by atoms with van der Waals surface area (Å²) < 4.78 is 1.86. The molecule has 3 rings (SSSR count). The number of benzene rings is 1. The van der Waals surface area contributed by atoms with Crippen LogP contribution in [0.15, 0.2) is 30.5 Å². The van der Waals surface area contributed by atoms with E-state index in [0.29, 0.717) is 6.54 Å². The fraction of sp³-hybridized carbons (Fsp3) is 0.312. The molecular formula is C16H19N5. The Morgan fingerprint density at radius 1 is 1.10 bits per heavy atom. The molecule has 0 amide bonds. The highest BCUT2D eigenvalue weighted by molar-refractivity contribution is 5.90. The van der Waals surface area contributed by atoms with Crippen LogP contribution in [0.4, 0.5) is 0 Å². The lowest BCUT2D eigenvalue weighted by molar-refractivity contribution is 0.774. The number of nitrogens with two attached hydrogens (primary N) is 1. The molecule has 5 nitrogen and oxygen atoms in total. The number of nitrogens with zero attached hydrogens (tertiary/aromatic N) is 4. The van der Waals surface area contributed by atoms with Gasteiger partial charge in [0.1, 0.15) is 5.82 Å². The van der Waals surface area contributed by atoms with Crippen molar-refractivity contribution in [3.8, 4) is 5.82 Å². The Morgan fingerprint density at radius 3 is 2.52 bits per heavy atom. The summed E-state index contributed by atoms with van der Waals surface area (Å²) in [5.74, 6) is 2.61. The van der Waals surface area contributed by atoms with Gasteiger partial charge in [-0.25, -0.2) is 9.97 Å². The molecule has 0 radical (unpaired) electrons. The van der Waals surface area contributed by atoms with Crippen molar-refractivity contribution in [2.24, 2.45) is 5.73 Å². The van der Waals surface area contributed by atoms with E-state index in [2.05, 4.69) is 41.0 Å². The molecule has 0 fully saturated rings. The molecule has 1 aromatic carbocycles. The normalized spacial score (nSPS) is 11.2. The van der Waals surface area contributed by atoms with Crippen LogP contribution in [0, 0.1) is 0 Å². The highest BCUT2D eigenvalue weighted by atomic mass is 15.4. The van der Waals surface area contributed by atoms with Crippen LogP contribution in [0.1, 0.15) is 31.1 Å². The van der Waals surface area contributed by atoms with E-state index < -0.39 is 0 Å². The minimum atomic E-state index is 0.478. The van der Waals surface area contributed by atoms with Gasteiger partial charge in [0.25, 0.3) is 0 Å². The van der Waals surface area contributed by atoms with Crippen LogP contribution in [0.3, 0.4) is 0 Å². The first-order chi connectivity index (χ1) is 10.3. The van der Waals surface area contributed by atoms with Crippen molar-refractivity contribution < 1.29 is 0 Å². The first kappa shape index (κ1) is 13.7.